The summed E-state index contributed by atoms with van der Waals surface area (Å²) in [4.78, 5) is 2.75. The average Bonchev–Trinajstić information content (AvgIpc) is 2.93. The molecule has 0 atom stereocenters. The van der Waals surface area contributed by atoms with E-state index in [-0.39, 0.29) is 0 Å². The number of aromatic amines is 1. The minimum Gasteiger partial charge on any atom is -0.379 e. The summed E-state index contributed by atoms with van der Waals surface area (Å²) in [5.41, 5.74) is 3.55. The molecule has 0 amide bonds. The van der Waals surface area contributed by atoms with Crippen LogP contribution >= 0.6 is 11.3 Å². The molecule has 0 aliphatic carbocycles. The summed E-state index contributed by atoms with van der Waals surface area (Å²) in [5, 5.41) is 11.7. The number of anilines is 1. The first kappa shape index (κ1) is 11.3. The van der Waals surface area contributed by atoms with Crippen LogP contribution in [-0.4, -0.2) is 10.2 Å². The van der Waals surface area contributed by atoms with Gasteiger partial charge in [-0.25, -0.2) is 0 Å². The first-order valence-electron chi connectivity index (χ1n) is 5.96. The summed E-state index contributed by atoms with van der Waals surface area (Å²) in [6.45, 7) is 5.18. The molecule has 92 valence electrons. The summed E-state index contributed by atoms with van der Waals surface area (Å²) in [5.74, 6) is 0. The van der Waals surface area contributed by atoms with E-state index >= 15 is 0 Å². The zero-order valence-corrected chi connectivity index (χ0v) is 11.3. The Morgan fingerprint density at radius 3 is 3.00 bits per heavy atom. The molecule has 0 saturated carbocycles. The number of thiophene rings is 1. The van der Waals surface area contributed by atoms with E-state index in [4.69, 9.17) is 0 Å². The van der Waals surface area contributed by atoms with Gasteiger partial charge in [-0.3, -0.25) is 5.10 Å². The van der Waals surface area contributed by atoms with Crippen LogP contribution in [0.2, 0.25) is 0 Å². The zero-order chi connectivity index (χ0) is 12.5. The van der Waals surface area contributed by atoms with E-state index in [0.29, 0.717) is 0 Å². The lowest BCUT2D eigenvalue weighted by Gasteiger charge is -2.07. The van der Waals surface area contributed by atoms with Gasteiger partial charge in [0, 0.05) is 21.7 Å². The maximum absolute atomic E-state index is 4.08. The number of nitrogens with one attached hydrogen (secondary N) is 2. The largest absolute Gasteiger partial charge is 0.379 e. The van der Waals surface area contributed by atoms with Crippen LogP contribution in [-0.2, 0) is 6.54 Å². The molecule has 3 nitrogen and oxygen atoms in total. The first-order chi connectivity index (χ1) is 8.74. The number of H-pyrrole nitrogens is 1. The second-order valence-electron chi connectivity index (χ2n) is 4.43. The lowest BCUT2D eigenvalue weighted by atomic mass is 10.2. The fourth-order valence-corrected chi connectivity index (χ4v) is 3.11. The average molecular weight is 257 g/mol. The van der Waals surface area contributed by atoms with Gasteiger partial charge in [-0.1, -0.05) is 12.1 Å². The molecular formula is C14H15N3S. The van der Waals surface area contributed by atoms with Gasteiger partial charge in [0.2, 0.25) is 0 Å². The van der Waals surface area contributed by atoms with Crippen molar-refractivity contribution in [3.05, 3.63) is 45.8 Å². The lowest BCUT2D eigenvalue weighted by molar-refractivity contribution is 1.11. The third kappa shape index (κ3) is 1.99. The monoisotopic (exact) mass is 257 g/mol. The highest BCUT2D eigenvalue weighted by Crippen LogP contribution is 2.24. The number of para-hydroxylation sites is 1. The third-order valence-electron chi connectivity index (χ3n) is 3.09. The number of nitrogens with zero attached hydrogens (tertiary/aromatic N) is 1. The Kier molecular flexibility index (Phi) is 2.80. The Morgan fingerprint density at radius 1 is 1.33 bits per heavy atom. The molecule has 0 spiro atoms. The van der Waals surface area contributed by atoms with Crippen molar-refractivity contribution in [2.24, 2.45) is 0 Å². The van der Waals surface area contributed by atoms with Crippen molar-refractivity contribution in [3.8, 4) is 0 Å². The van der Waals surface area contributed by atoms with Crippen LogP contribution in [0.3, 0.4) is 0 Å². The number of fused-ring (bicyclic) bond motifs is 1. The predicted molar refractivity (Wildman–Crippen MR) is 77.2 cm³/mol. The van der Waals surface area contributed by atoms with Gasteiger partial charge in [-0.05, 0) is 31.5 Å². The topological polar surface area (TPSA) is 40.7 Å². The number of benzene rings is 1. The normalized spacial score (nSPS) is 11.0. The maximum atomic E-state index is 4.08. The second-order valence-corrected chi connectivity index (χ2v) is 5.89. The Bertz CT molecular complexity index is 681. The number of hydrogen-bond donors (Lipinski definition) is 2. The molecule has 0 aliphatic rings. The molecule has 0 unspecified atom stereocenters. The van der Waals surface area contributed by atoms with Crippen molar-refractivity contribution >= 4 is 27.9 Å². The molecule has 1 aromatic carbocycles. The molecule has 3 aromatic rings. The van der Waals surface area contributed by atoms with E-state index in [9.17, 15) is 0 Å². The highest BCUT2D eigenvalue weighted by molar-refractivity contribution is 7.12. The van der Waals surface area contributed by atoms with Crippen LogP contribution in [0.1, 0.15) is 15.3 Å². The van der Waals surface area contributed by atoms with Crippen molar-refractivity contribution < 1.29 is 0 Å². The Labute approximate surface area is 110 Å². The molecule has 2 aromatic heterocycles. The summed E-state index contributed by atoms with van der Waals surface area (Å²) in [6, 6.07) is 8.44. The fraction of sp³-hybridized carbons (Fsp3) is 0.214. The fourth-order valence-electron chi connectivity index (χ4n) is 2.17. The van der Waals surface area contributed by atoms with Crippen molar-refractivity contribution in [2.75, 3.05) is 5.32 Å². The van der Waals surface area contributed by atoms with Crippen molar-refractivity contribution in [1.82, 2.24) is 10.2 Å². The van der Waals surface area contributed by atoms with E-state index in [0.717, 1.165) is 23.1 Å². The van der Waals surface area contributed by atoms with Crippen LogP contribution in [0.5, 0.6) is 0 Å². The third-order valence-corrected chi connectivity index (χ3v) is 4.10. The molecule has 4 heteroatoms. The van der Waals surface area contributed by atoms with Gasteiger partial charge < -0.3 is 5.32 Å². The van der Waals surface area contributed by atoms with Gasteiger partial charge in [-0.2, -0.15) is 5.10 Å². The van der Waals surface area contributed by atoms with Crippen LogP contribution < -0.4 is 5.32 Å². The van der Waals surface area contributed by atoms with Gasteiger partial charge in [0.15, 0.2) is 0 Å². The zero-order valence-electron chi connectivity index (χ0n) is 10.4. The van der Waals surface area contributed by atoms with Crippen LogP contribution in [0.4, 0.5) is 5.69 Å². The van der Waals surface area contributed by atoms with Crippen LogP contribution in [0, 0.1) is 13.8 Å². The number of aromatic nitrogens is 2. The number of hydrogen-bond acceptors (Lipinski definition) is 3. The molecule has 0 aliphatic heterocycles. The van der Waals surface area contributed by atoms with Gasteiger partial charge >= 0.3 is 0 Å². The molecule has 0 fully saturated rings. The Hall–Kier alpha value is -1.81. The molecule has 2 N–H and O–H groups in total. The smallest absolute Gasteiger partial charge is 0.0881 e. The molecule has 2 heterocycles. The highest BCUT2D eigenvalue weighted by Gasteiger charge is 2.05. The lowest BCUT2D eigenvalue weighted by Crippen LogP contribution is -1.99. The summed E-state index contributed by atoms with van der Waals surface area (Å²) >= 11 is 1.85. The standard InChI is InChI=1S/C14H15N3S/c1-9-6-12(10(2)18-9)7-15-13-5-3-4-11-8-16-17-14(11)13/h3-6,8,15H,7H2,1-2H3,(H,16,17). The Balaban J connectivity index is 1.85. The van der Waals surface area contributed by atoms with Gasteiger partial charge in [0.25, 0.3) is 0 Å². The van der Waals surface area contributed by atoms with E-state index in [1.807, 2.05) is 23.6 Å². The molecular weight excluding hydrogens is 242 g/mol. The first-order valence-corrected chi connectivity index (χ1v) is 6.77. The van der Waals surface area contributed by atoms with E-state index in [1.54, 1.807) is 0 Å². The molecule has 0 bridgehead atoms. The predicted octanol–water partition coefficient (Wildman–Crippen LogP) is 3.85. The van der Waals surface area contributed by atoms with E-state index < -0.39 is 0 Å². The molecule has 0 radical (unpaired) electrons. The molecule has 18 heavy (non-hydrogen) atoms. The number of aryl methyl sites for hydroxylation is 2. The van der Waals surface area contributed by atoms with Crippen molar-refractivity contribution in [1.29, 1.82) is 0 Å². The minimum atomic E-state index is 0.855. The maximum Gasteiger partial charge on any atom is 0.0881 e. The summed E-state index contributed by atoms with van der Waals surface area (Å²) in [7, 11) is 0. The second kappa shape index (κ2) is 4.46. The molecule has 0 saturated heterocycles. The van der Waals surface area contributed by atoms with Gasteiger partial charge in [-0.15, -0.1) is 11.3 Å². The quantitative estimate of drug-likeness (QED) is 0.748. The Morgan fingerprint density at radius 2 is 2.22 bits per heavy atom. The van der Waals surface area contributed by atoms with E-state index in [2.05, 4.69) is 47.6 Å². The van der Waals surface area contributed by atoms with Crippen molar-refractivity contribution in [3.63, 3.8) is 0 Å². The van der Waals surface area contributed by atoms with Gasteiger partial charge in [0.1, 0.15) is 0 Å². The van der Waals surface area contributed by atoms with Crippen LogP contribution in [0.15, 0.2) is 30.5 Å². The molecule has 3 rings (SSSR count). The SMILES string of the molecule is Cc1cc(CNc2cccc3cn[nH]c23)c(C)s1. The number of rotatable bonds is 3. The summed E-state index contributed by atoms with van der Waals surface area (Å²) in [6.07, 6.45) is 1.85. The van der Waals surface area contributed by atoms with Gasteiger partial charge in [0.05, 0.1) is 17.4 Å². The van der Waals surface area contributed by atoms with Crippen molar-refractivity contribution in [2.45, 2.75) is 20.4 Å². The summed E-state index contributed by atoms with van der Waals surface area (Å²) < 4.78 is 0. The van der Waals surface area contributed by atoms with E-state index in [1.165, 1.54) is 15.3 Å². The van der Waals surface area contributed by atoms with Crippen LogP contribution in [0.25, 0.3) is 10.9 Å². The highest BCUT2D eigenvalue weighted by atomic mass is 32.1. The minimum absolute atomic E-state index is 0.855.